The van der Waals surface area contributed by atoms with Gasteiger partial charge in [0.1, 0.15) is 37.4 Å². The molecule has 2 unspecified atom stereocenters. The number of esters is 2. The normalized spacial score (nSPS) is 12.9. The van der Waals surface area contributed by atoms with Gasteiger partial charge in [0.15, 0.2) is 6.10 Å². The van der Waals surface area contributed by atoms with Crippen LogP contribution in [0.4, 0.5) is 0 Å². The highest BCUT2D eigenvalue weighted by atomic mass is 35.5. The van der Waals surface area contributed by atoms with Crippen LogP contribution in [0, 0.1) is 0 Å². The van der Waals surface area contributed by atoms with Crippen LogP contribution in [0.2, 0.25) is 0 Å². The van der Waals surface area contributed by atoms with Crippen LogP contribution < -0.4 is 20.9 Å². The molecule has 0 aliphatic heterocycles. The summed E-state index contributed by atoms with van der Waals surface area (Å²) in [4.78, 5) is 22.9. The number of hydrogen-bond donors (Lipinski definition) is 2. The van der Waals surface area contributed by atoms with Crippen LogP contribution in [-0.4, -0.2) is 70.0 Å². The van der Waals surface area contributed by atoms with Crippen molar-refractivity contribution in [1.82, 2.24) is 0 Å². The van der Waals surface area contributed by atoms with Gasteiger partial charge in [-0.1, -0.05) is 38.1 Å². The van der Waals surface area contributed by atoms with Gasteiger partial charge < -0.3 is 35.2 Å². The smallest absolute Gasteiger partial charge is 0.320 e. The molecule has 0 spiro atoms. The molecular weight excluding hydrogens is 488 g/mol. The summed E-state index contributed by atoms with van der Waals surface area (Å²) in [7, 11) is 1.60. The Bertz CT molecular complexity index is 948. The summed E-state index contributed by atoms with van der Waals surface area (Å²) in [5, 5.41) is 0. The van der Waals surface area contributed by atoms with E-state index >= 15 is 0 Å². The second-order valence-corrected chi connectivity index (χ2v) is 8.82. The maximum absolute atomic E-state index is 11.6. The van der Waals surface area contributed by atoms with Gasteiger partial charge in [0.25, 0.3) is 0 Å². The molecule has 10 heteroatoms. The highest BCUT2D eigenvalue weighted by molar-refractivity contribution is 6.18. The van der Waals surface area contributed by atoms with E-state index < -0.39 is 18.0 Å². The Morgan fingerprint density at radius 2 is 1.28 bits per heavy atom. The van der Waals surface area contributed by atoms with Gasteiger partial charge in [-0.15, -0.1) is 11.6 Å². The number of halogens is 1. The largest absolute Gasteiger partial charge is 0.491 e. The van der Waals surface area contributed by atoms with E-state index in [4.69, 9.17) is 46.8 Å². The summed E-state index contributed by atoms with van der Waals surface area (Å²) in [6.07, 6.45) is -0.968. The minimum absolute atomic E-state index is 0.0125. The molecule has 2 aromatic carbocycles. The fourth-order valence-corrected chi connectivity index (χ4v) is 3.47. The molecule has 9 nitrogen and oxygen atoms in total. The molecule has 0 aromatic heterocycles. The predicted molar refractivity (Wildman–Crippen MR) is 136 cm³/mol. The van der Waals surface area contributed by atoms with E-state index in [-0.39, 0.29) is 37.8 Å². The standard InChI is InChI=1S/C26H35ClN2O7/c1-26(2,18-4-8-20(9-5-18)33-15-22(12-27)32-3)19-6-10-21(11-7-19)34-16-23(36-25(31)14-29)17-35-24(30)13-28/h4-11,22-23H,12-17,28-29H2,1-3H3. The number of hydrogen-bond acceptors (Lipinski definition) is 9. The molecule has 0 heterocycles. The van der Waals surface area contributed by atoms with E-state index in [1.807, 2.05) is 48.5 Å². The Morgan fingerprint density at radius 1 is 0.806 bits per heavy atom. The number of carbonyl (C=O) groups is 2. The van der Waals surface area contributed by atoms with Crippen LogP contribution in [0.1, 0.15) is 25.0 Å². The first kappa shape index (κ1) is 29.4. The predicted octanol–water partition coefficient (Wildman–Crippen LogP) is 2.40. The topological polar surface area (TPSA) is 132 Å². The fraction of sp³-hybridized carbons (Fsp3) is 0.462. The highest BCUT2D eigenvalue weighted by Gasteiger charge is 2.23. The molecule has 2 rings (SSSR count). The van der Waals surface area contributed by atoms with Gasteiger partial charge in [-0.05, 0) is 35.4 Å². The SMILES string of the molecule is COC(CCl)COc1ccc(C(C)(C)c2ccc(OCC(COC(=O)CN)OC(=O)CN)cc2)cc1. The zero-order valence-electron chi connectivity index (χ0n) is 20.9. The molecule has 2 aromatic rings. The second kappa shape index (κ2) is 14.6. The first-order valence-electron chi connectivity index (χ1n) is 11.5. The molecule has 0 radical (unpaired) electrons. The van der Waals surface area contributed by atoms with E-state index in [2.05, 4.69) is 13.8 Å². The van der Waals surface area contributed by atoms with Crippen LogP contribution in [-0.2, 0) is 29.2 Å². The first-order valence-corrected chi connectivity index (χ1v) is 12.1. The van der Waals surface area contributed by atoms with Crippen LogP contribution in [0.3, 0.4) is 0 Å². The molecule has 2 atom stereocenters. The number of rotatable bonds is 15. The maximum Gasteiger partial charge on any atom is 0.320 e. The number of methoxy groups -OCH3 is 1. The molecule has 4 N–H and O–H groups in total. The van der Waals surface area contributed by atoms with Crippen molar-refractivity contribution in [1.29, 1.82) is 0 Å². The highest BCUT2D eigenvalue weighted by Crippen LogP contribution is 2.33. The average molecular weight is 523 g/mol. The third kappa shape index (κ3) is 8.98. The van der Waals surface area contributed by atoms with E-state index in [1.54, 1.807) is 7.11 Å². The van der Waals surface area contributed by atoms with Crippen LogP contribution in [0.15, 0.2) is 48.5 Å². The van der Waals surface area contributed by atoms with E-state index in [0.29, 0.717) is 18.2 Å². The lowest BCUT2D eigenvalue weighted by Gasteiger charge is -2.27. The van der Waals surface area contributed by atoms with Gasteiger partial charge in [-0.25, -0.2) is 0 Å². The Balaban J connectivity index is 2.00. The van der Waals surface area contributed by atoms with E-state index in [9.17, 15) is 9.59 Å². The van der Waals surface area contributed by atoms with Gasteiger partial charge in [0.2, 0.25) is 0 Å². The quantitative estimate of drug-likeness (QED) is 0.267. The molecule has 0 fully saturated rings. The minimum Gasteiger partial charge on any atom is -0.491 e. The lowest BCUT2D eigenvalue weighted by Crippen LogP contribution is -2.34. The summed E-state index contributed by atoms with van der Waals surface area (Å²) >= 11 is 5.83. The van der Waals surface area contributed by atoms with Crippen LogP contribution >= 0.6 is 11.6 Å². The molecule has 198 valence electrons. The average Bonchev–Trinajstić information content (AvgIpc) is 2.90. The van der Waals surface area contributed by atoms with Crippen LogP contribution in [0.5, 0.6) is 11.5 Å². The maximum atomic E-state index is 11.6. The molecule has 0 amide bonds. The van der Waals surface area contributed by atoms with Crippen molar-refractivity contribution in [3.8, 4) is 11.5 Å². The zero-order valence-corrected chi connectivity index (χ0v) is 21.7. The summed E-state index contributed by atoms with van der Waals surface area (Å²) < 4.78 is 26.9. The minimum atomic E-state index is -0.808. The molecule has 0 aliphatic rings. The summed E-state index contributed by atoms with van der Waals surface area (Å²) in [6.45, 7) is 3.88. The van der Waals surface area contributed by atoms with E-state index in [1.165, 1.54) is 0 Å². The zero-order chi connectivity index (χ0) is 26.6. The summed E-state index contributed by atoms with van der Waals surface area (Å²) in [5.41, 5.74) is 12.4. The third-order valence-corrected chi connectivity index (χ3v) is 5.94. The molecule has 36 heavy (non-hydrogen) atoms. The number of carbonyl (C=O) groups excluding carboxylic acids is 2. The van der Waals surface area contributed by atoms with Gasteiger partial charge in [0, 0.05) is 12.5 Å². The van der Waals surface area contributed by atoms with Gasteiger partial charge in [-0.2, -0.15) is 0 Å². The molecule has 0 saturated carbocycles. The van der Waals surface area contributed by atoms with Crippen molar-refractivity contribution in [2.24, 2.45) is 11.5 Å². The van der Waals surface area contributed by atoms with Crippen LogP contribution in [0.25, 0.3) is 0 Å². The Kier molecular flexibility index (Phi) is 12.0. The lowest BCUT2D eigenvalue weighted by atomic mass is 9.78. The fourth-order valence-electron chi connectivity index (χ4n) is 3.25. The monoisotopic (exact) mass is 522 g/mol. The van der Waals surface area contributed by atoms with Gasteiger partial charge >= 0.3 is 11.9 Å². The van der Waals surface area contributed by atoms with Crippen molar-refractivity contribution in [3.05, 3.63) is 59.7 Å². The Labute approximate surface area is 216 Å². The molecule has 0 aliphatic carbocycles. The third-order valence-electron chi connectivity index (χ3n) is 5.59. The van der Waals surface area contributed by atoms with Crippen molar-refractivity contribution >= 4 is 23.5 Å². The number of ether oxygens (including phenoxy) is 5. The Hall–Kier alpha value is -2.85. The van der Waals surface area contributed by atoms with Crippen molar-refractivity contribution < 1.29 is 33.3 Å². The van der Waals surface area contributed by atoms with Gasteiger partial charge in [-0.3, -0.25) is 9.59 Å². The summed E-state index contributed by atoms with van der Waals surface area (Å²) in [6, 6.07) is 15.5. The molecule has 0 saturated heterocycles. The van der Waals surface area contributed by atoms with Crippen molar-refractivity contribution in [2.75, 3.05) is 45.9 Å². The first-order chi connectivity index (χ1) is 17.2. The number of alkyl halides is 1. The molecule has 0 bridgehead atoms. The number of nitrogens with two attached hydrogens (primary N) is 2. The van der Waals surface area contributed by atoms with E-state index in [0.717, 1.165) is 16.9 Å². The lowest BCUT2D eigenvalue weighted by molar-refractivity contribution is -0.158. The Morgan fingerprint density at radius 3 is 1.69 bits per heavy atom. The van der Waals surface area contributed by atoms with Crippen molar-refractivity contribution in [2.45, 2.75) is 31.5 Å². The van der Waals surface area contributed by atoms with Gasteiger partial charge in [0.05, 0.1) is 19.0 Å². The second-order valence-electron chi connectivity index (χ2n) is 8.51. The van der Waals surface area contributed by atoms with Crippen molar-refractivity contribution in [3.63, 3.8) is 0 Å². The molecular formula is C26H35ClN2O7. The summed E-state index contributed by atoms with van der Waals surface area (Å²) in [5.74, 6) is 0.447. The number of benzene rings is 2.